The van der Waals surface area contributed by atoms with E-state index < -0.39 is 0 Å². The van der Waals surface area contributed by atoms with Crippen LogP contribution in [0.2, 0.25) is 0 Å². The Hall–Kier alpha value is -1.92. The lowest BCUT2D eigenvalue weighted by molar-refractivity contribution is -0.134. The summed E-state index contributed by atoms with van der Waals surface area (Å²) in [6, 6.07) is 8.46. The molecule has 3 saturated heterocycles. The number of fused-ring (bicyclic) bond motifs is 1. The normalized spacial score (nSPS) is 27.0. The van der Waals surface area contributed by atoms with E-state index in [1.165, 1.54) is 11.1 Å². The number of benzene rings is 1. The molecule has 0 spiro atoms. The zero-order valence-electron chi connectivity index (χ0n) is 18.5. The van der Waals surface area contributed by atoms with E-state index in [9.17, 15) is 9.59 Å². The minimum Gasteiger partial charge on any atom is -0.381 e. The lowest BCUT2D eigenvalue weighted by atomic mass is 9.87. The van der Waals surface area contributed by atoms with E-state index in [4.69, 9.17) is 4.74 Å². The van der Waals surface area contributed by atoms with Crippen LogP contribution in [0, 0.1) is 24.7 Å². The third-order valence-electron chi connectivity index (χ3n) is 7.10. The van der Waals surface area contributed by atoms with Gasteiger partial charge in [0.25, 0.3) is 0 Å². The molecule has 6 nitrogen and oxygen atoms in total. The molecule has 0 aliphatic carbocycles. The molecule has 2 amide bonds. The van der Waals surface area contributed by atoms with Crippen LogP contribution in [0.25, 0.3) is 0 Å². The van der Waals surface area contributed by atoms with Gasteiger partial charge in [0.1, 0.15) is 0 Å². The number of likely N-dealkylation sites (N-methyl/N-ethyl adjacent to an activating group) is 1. The lowest BCUT2D eigenvalue weighted by Gasteiger charge is -2.32. The first-order valence-electron chi connectivity index (χ1n) is 11.3. The second-order valence-corrected chi connectivity index (χ2v) is 9.57. The minimum absolute atomic E-state index is 0.0598. The first-order valence-corrected chi connectivity index (χ1v) is 11.3. The number of amides is 2. The molecule has 3 fully saturated rings. The Balaban J connectivity index is 1.50. The van der Waals surface area contributed by atoms with Gasteiger partial charge in [0.15, 0.2) is 0 Å². The van der Waals surface area contributed by atoms with Crippen LogP contribution in [-0.2, 0) is 14.3 Å². The Morgan fingerprint density at radius 1 is 1.07 bits per heavy atom. The number of rotatable bonds is 5. The average Bonchev–Trinajstić information content (AvgIpc) is 3.27. The third kappa shape index (κ3) is 4.40. The highest BCUT2D eigenvalue weighted by Crippen LogP contribution is 2.46. The molecule has 1 aromatic carbocycles. The number of carbonyl (C=O) groups excluding carboxylic acids is 2. The van der Waals surface area contributed by atoms with E-state index in [-0.39, 0.29) is 17.9 Å². The van der Waals surface area contributed by atoms with Crippen molar-refractivity contribution in [2.45, 2.75) is 32.2 Å². The fourth-order valence-electron chi connectivity index (χ4n) is 5.51. The molecule has 0 bridgehead atoms. The van der Waals surface area contributed by atoms with E-state index in [0.29, 0.717) is 30.7 Å². The Bertz CT molecular complexity index is 775. The molecule has 6 heteroatoms. The smallest absolute Gasteiger partial charge is 0.237 e. The number of aryl methyl sites for hydroxylation is 1. The fourth-order valence-corrected chi connectivity index (χ4v) is 5.51. The summed E-state index contributed by atoms with van der Waals surface area (Å²) >= 11 is 0. The van der Waals surface area contributed by atoms with Gasteiger partial charge in [-0.1, -0.05) is 24.3 Å². The number of hydrogen-bond acceptors (Lipinski definition) is 4. The van der Waals surface area contributed by atoms with Crippen molar-refractivity contribution in [2.24, 2.45) is 17.8 Å². The molecular formula is C24H35N3O3. The largest absolute Gasteiger partial charge is 0.381 e. The summed E-state index contributed by atoms with van der Waals surface area (Å²) in [7, 11) is 3.88. The summed E-state index contributed by atoms with van der Waals surface area (Å²) in [5.74, 6) is 1.60. The molecule has 0 saturated carbocycles. The van der Waals surface area contributed by atoms with Gasteiger partial charge < -0.3 is 19.4 Å². The van der Waals surface area contributed by atoms with Crippen molar-refractivity contribution < 1.29 is 14.3 Å². The molecule has 0 radical (unpaired) electrons. The Morgan fingerprint density at radius 3 is 2.50 bits per heavy atom. The maximum absolute atomic E-state index is 13.1. The standard InChI is InChI=1S/C24H35N3O3/c1-17-6-4-5-7-20(17)24-21-15-26(22(28)12-18-8-10-30-11-9-18)13-19(21)14-27(24)23(29)16-25(2)3/h4-7,18-19,21,24H,8-16H2,1-3H3/t19-,21-,24+/m1/s1. The van der Waals surface area contributed by atoms with Gasteiger partial charge in [-0.25, -0.2) is 0 Å². The van der Waals surface area contributed by atoms with Crippen LogP contribution in [0.1, 0.15) is 36.4 Å². The molecule has 3 heterocycles. The van der Waals surface area contributed by atoms with Crippen LogP contribution in [0.3, 0.4) is 0 Å². The zero-order chi connectivity index (χ0) is 21.3. The van der Waals surface area contributed by atoms with E-state index in [1.807, 2.05) is 19.0 Å². The first kappa shape index (κ1) is 21.3. The molecular weight excluding hydrogens is 378 g/mol. The number of nitrogens with zero attached hydrogens (tertiary/aromatic N) is 3. The molecule has 0 N–H and O–H groups in total. The summed E-state index contributed by atoms with van der Waals surface area (Å²) in [4.78, 5) is 32.2. The van der Waals surface area contributed by atoms with E-state index in [2.05, 4.69) is 41.0 Å². The van der Waals surface area contributed by atoms with Gasteiger partial charge >= 0.3 is 0 Å². The third-order valence-corrected chi connectivity index (χ3v) is 7.10. The summed E-state index contributed by atoms with van der Waals surface area (Å²) in [6.07, 6.45) is 2.62. The number of likely N-dealkylation sites (tertiary alicyclic amines) is 2. The SMILES string of the molecule is Cc1ccccc1[C@H]1[C@@H]2CN(C(=O)CC3CCOCC3)C[C@@H]2CN1C(=O)CN(C)C. The maximum atomic E-state index is 13.1. The van der Waals surface area contributed by atoms with Gasteiger partial charge in [0.2, 0.25) is 11.8 Å². The topological polar surface area (TPSA) is 53.1 Å². The highest BCUT2D eigenvalue weighted by atomic mass is 16.5. The molecule has 3 aliphatic rings. The molecule has 3 aliphatic heterocycles. The van der Waals surface area contributed by atoms with Gasteiger partial charge in [-0.05, 0) is 50.9 Å². The van der Waals surface area contributed by atoms with Gasteiger partial charge in [0.05, 0.1) is 12.6 Å². The Kier molecular flexibility index (Phi) is 6.44. The van der Waals surface area contributed by atoms with Crippen LogP contribution in [0.4, 0.5) is 0 Å². The van der Waals surface area contributed by atoms with Gasteiger partial charge in [-0.2, -0.15) is 0 Å². The molecule has 30 heavy (non-hydrogen) atoms. The number of hydrogen-bond donors (Lipinski definition) is 0. The Morgan fingerprint density at radius 2 is 1.80 bits per heavy atom. The quantitative estimate of drug-likeness (QED) is 0.744. The predicted molar refractivity (Wildman–Crippen MR) is 116 cm³/mol. The first-order chi connectivity index (χ1) is 14.4. The lowest BCUT2D eigenvalue weighted by Crippen LogP contribution is -2.41. The molecule has 164 valence electrons. The highest BCUT2D eigenvalue weighted by Gasteiger charge is 2.50. The van der Waals surface area contributed by atoms with Crippen molar-refractivity contribution in [1.29, 1.82) is 0 Å². The van der Waals surface area contributed by atoms with Crippen LogP contribution in [0.5, 0.6) is 0 Å². The highest BCUT2D eigenvalue weighted by molar-refractivity contribution is 5.80. The van der Waals surface area contributed by atoms with E-state index in [1.54, 1.807) is 0 Å². The van der Waals surface area contributed by atoms with Crippen LogP contribution >= 0.6 is 0 Å². The van der Waals surface area contributed by atoms with Crippen LogP contribution in [-0.4, -0.2) is 80.0 Å². The van der Waals surface area contributed by atoms with Crippen molar-refractivity contribution in [3.63, 3.8) is 0 Å². The fraction of sp³-hybridized carbons (Fsp3) is 0.667. The van der Waals surface area contributed by atoms with Crippen molar-refractivity contribution in [3.05, 3.63) is 35.4 Å². The van der Waals surface area contributed by atoms with Crippen molar-refractivity contribution in [3.8, 4) is 0 Å². The maximum Gasteiger partial charge on any atom is 0.237 e. The number of ether oxygens (including phenoxy) is 1. The van der Waals surface area contributed by atoms with Crippen LogP contribution < -0.4 is 0 Å². The monoisotopic (exact) mass is 413 g/mol. The van der Waals surface area contributed by atoms with Crippen molar-refractivity contribution in [1.82, 2.24) is 14.7 Å². The second kappa shape index (κ2) is 9.06. The van der Waals surface area contributed by atoms with Gasteiger partial charge in [-0.15, -0.1) is 0 Å². The predicted octanol–water partition coefficient (Wildman–Crippen LogP) is 2.33. The van der Waals surface area contributed by atoms with Gasteiger partial charge in [-0.3, -0.25) is 9.59 Å². The summed E-state index contributed by atoms with van der Waals surface area (Å²) in [5, 5.41) is 0. The van der Waals surface area contributed by atoms with Crippen molar-refractivity contribution in [2.75, 3.05) is 53.5 Å². The Labute approximate surface area is 180 Å². The summed E-state index contributed by atoms with van der Waals surface area (Å²) < 4.78 is 5.44. The molecule has 0 unspecified atom stereocenters. The average molecular weight is 414 g/mol. The second-order valence-electron chi connectivity index (χ2n) is 9.57. The minimum atomic E-state index is 0.0598. The van der Waals surface area contributed by atoms with Crippen LogP contribution in [0.15, 0.2) is 24.3 Å². The zero-order valence-corrected chi connectivity index (χ0v) is 18.5. The molecule has 0 aromatic heterocycles. The molecule has 4 rings (SSSR count). The molecule has 1 aromatic rings. The van der Waals surface area contributed by atoms with Crippen molar-refractivity contribution >= 4 is 11.8 Å². The summed E-state index contributed by atoms with van der Waals surface area (Å²) in [5.41, 5.74) is 2.45. The number of carbonyl (C=O) groups is 2. The van der Waals surface area contributed by atoms with Gasteiger partial charge in [0, 0.05) is 51.1 Å². The van der Waals surface area contributed by atoms with E-state index >= 15 is 0 Å². The summed E-state index contributed by atoms with van der Waals surface area (Å²) in [6.45, 7) is 6.40. The van der Waals surface area contributed by atoms with E-state index in [0.717, 1.165) is 45.7 Å². The molecule has 3 atom stereocenters.